The molecule has 0 unspecified atom stereocenters. The topological polar surface area (TPSA) is 84.7 Å². The van der Waals surface area contributed by atoms with E-state index in [2.05, 4.69) is 10.5 Å². The van der Waals surface area contributed by atoms with E-state index in [9.17, 15) is 9.59 Å². The molecule has 4 rings (SSSR count). The summed E-state index contributed by atoms with van der Waals surface area (Å²) in [5, 5.41) is 6.86. The Kier molecular flexibility index (Phi) is 5.56. The lowest BCUT2D eigenvalue weighted by Gasteiger charge is -2.49. The Balaban J connectivity index is 1.51. The van der Waals surface area contributed by atoms with E-state index in [1.54, 1.807) is 18.1 Å². The summed E-state index contributed by atoms with van der Waals surface area (Å²) in [6.45, 7) is 0.727. The fraction of sp³-hybridized carbons (Fsp3) is 0.500. The summed E-state index contributed by atoms with van der Waals surface area (Å²) in [5.74, 6) is 0.773. The number of nitrogens with one attached hydrogen (secondary N) is 1. The molecule has 0 spiro atoms. The van der Waals surface area contributed by atoms with Gasteiger partial charge in [-0.15, -0.1) is 0 Å². The van der Waals surface area contributed by atoms with E-state index in [1.165, 1.54) is 12.6 Å². The molecule has 1 aliphatic heterocycles. The molecule has 7 nitrogen and oxygen atoms in total. The van der Waals surface area contributed by atoms with Gasteiger partial charge in [0.05, 0.1) is 18.7 Å². The van der Waals surface area contributed by atoms with Gasteiger partial charge in [-0.3, -0.25) is 9.59 Å². The number of rotatable bonds is 6. The molecule has 2 heterocycles. The average molecular weight is 397 g/mol. The number of amides is 2. The fourth-order valence-electron chi connectivity index (χ4n) is 4.40. The SMILES string of the molecule is COc1cccc(CC2(C(=O)NC3CCCCC3)CN(C(=O)c3ccno3)C2)c1. The van der Waals surface area contributed by atoms with Crippen LogP contribution in [0.3, 0.4) is 0 Å². The van der Waals surface area contributed by atoms with Crippen LogP contribution in [0.2, 0.25) is 0 Å². The molecule has 29 heavy (non-hydrogen) atoms. The molecule has 1 saturated heterocycles. The molecule has 2 fully saturated rings. The average Bonchev–Trinajstić information content (AvgIpc) is 3.25. The van der Waals surface area contributed by atoms with Crippen LogP contribution in [-0.4, -0.2) is 48.1 Å². The number of likely N-dealkylation sites (tertiary alicyclic amines) is 1. The zero-order valence-corrected chi connectivity index (χ0v) is 16.7. The normalized spacial score (nSPS) is 18.7. The van der Waals surface area contributed by atoms with Crippen molar-refractivity contribution >= 4 is 11.8 Å². The van der Waals surface area contributed by atoms with Crippen molar-refractivity contribution in [3.63, 3.8) is 0 Å². The van der Waals surface area contributed by atoms with Crippen molar-refractivity contribution in [1.29, 1.82) is 0 Å². The van der Waals surface area contributed by atoms with Crippen LogP contribution < -0.4 is 10.1 Å². The van der Waals surface area contributed by atoms with E-state index in [1.807, 2.05) is 24.3 Å². The van der Waals surface area contributed by atoms with Gasteiger partial charge in [-0.05, 0) is 37.0 Å². The number of benzene rings is 1. The van der Waals surface area contributed by atoms with Gasteiger partial charge in [0.1, 0.15) is 5.75 Å². The Labute approximate surface area is 170 Å². The highest BCUT2D eigenvalue weighted by Gasteiger charge is 2.51. The number of carbonyl (C=O) groups is 2. The van der Waals surface area contributed by atoms with E-state index >= 15 is 0 Å². The Bertz CT molecular complexity index is 853. The molecule has 1 saturated carbocycles. The van der Waals surface area contributed by atoms with Crippen molar-refractivity contribution in [2.24, 2.45) is 5.41 Å². The van der Waals surface area contributed by atoms with Gasteiger partial charge in [-0.1, -0.05) is 36.6 Å². The molecule has 0 radical (unpaired) electrons. The van der Waals surface area contributed by atoms with Crippen LogP contribution in [0.15, 0.2) is 41.1 Å². The van der Waals surface area contributed by atoms with E-state index in [0.29, 0.717) is 19.5 Å². The molecule has 0 atom stereocenters. The lowest BCUT2D eigenvalue weighted by atomic mass is 9.73. The molecule has 2 aliphatic rings. The van der Waals surface area contributed by atoms with E-state index in [-0.39, 0.29) is 23.6 Å². The fourth-order valence-corrected chi connectivity index (χ4v) is 4.40. The summed E-state index contributed by atoms with van der Waals surface area (Å²) in [5.41, 5.74) is 0.384. The second-order valence-corrected chi connectivity index (χ2v) is 8.15. The lowest BCUT2D eigenvalue weighted by molar-refractivity contribution is -0.140. The molecule has 7 heteroatoms. The first-order valence-corrected chi connectivity index (χ1v) is 10.2. The van der Waals surface area contributed by atoms with Crippen molar-refractivity contribution in [1.82, 2.24) is 15.4 Å². The van der Waals surface area contributed by atoms with Crippen LogP contribution in [-0.2, 0) is 11.2 Å². The van der Waals surface area contributed by atoms with Gasteiger partial charge < -0.3 is 19.5 Å². The zero-order valence-electron chi connectivity index (χ0n) is 16.7. The Hall–Kier alpha value is -2.83. The number of methoxy groups -OCH3 is 1. The van der Waals surface area contributed by atoms with E-state index < -0.39 is 5.41 Å². The molecule has 2 aromatic rings. The first kappa shape index (κ1) is 19.5. The summed E-state index contributed by atoms with van der Waals surface area (Å²) in [6.07, 6.45) is 7.62. The third-order valence-corrected chi connectivity index (χ3v) is 6.02. The molecule has 1 aliphatic carbocycles. The Morgan fingerprint density at radius 2 is 2.03 bits per heavy atom. The molecule has 1 aromatic carbocycles. The predicted octanol–water partition coefficient (Wildman–Crippen LogP) is 2.82. The number of hydrogen-bond donors (Lipinski definition) is 1. The number of aromatic nitrogens is 1. The van der Waals surface area contributed by atoms with Gasteiger partial charge in [0, 0.05) is 25.2 Å². The van der Waals surface area contributed by atoms with Gasteiger partial charge in [-0.25, -0.2) is 0 Å². The maximum atomic E-state index is 13.3. The predicted molar refractivity (Wildman–Crippen MR) is 107 cm³/mol. The Morgan fingerprint density at radius 3 is 2.72 bits per heavy atom. The van der Waals surface area contributed by atoms with Crippen molar-refractivity contribution in [2.45, 2.75) is 44.6 Å². The van der Waals surface area contributed by atoms with Crippen LogP contribution in [0.5, 0.6) is 5.75 Å². The molecule has 0 bridgehead atoms. The summed E-state index contributed by atoms with van der Waals surface area (Å²) >= 11 is 0. The van der Waals surface area contributed by atoms with Crippen LogP contribution in [0.1, 0.15) is 48.2 Å². The van der Waals surface area contributed by atoms with Gasteiger partial charge in [0.15, 0.2) is 0 Å². The highest BCUT2D eigenvalue weighted by molar-refractivity contribution is 5.95. The first-order valence-electron chi connectivity index (χ1n) is 10.2. The first-order chi connectivity index (χ1) is 14.1. The summed E-state index contributed by atoms with van der Waals surface area (Å²) in [4.78, 5) is 27.5. The summed E-state index contributed by atoms with van der Waals surface area (Å²) < 4.78 is 10.3. The quantitative estimate of drug-likeness (QED) is 0.810. The summed E-state index contributed by atoms with van der Waals surface area (Å²) in [7, 11) is 1.63. The number of ether oxygens (including phenoxy) is 1. The monoisotopic (exact) mass is 397 g/mol. The lowest BCUT2D eigenvalue weighted by Crippen LogP contribution is -2.66. The molecule has 1 N–H and O–H groups in total. The summed E-state index contributed by atoms with van der Waals surface area (Å²) in [6, 6.07) is 9.55. The molecule has 2 amide bonds. The smallest absolute Gasteiger partial charge is 0.292 e. The van der Waals surface area contributed by atoms with E-state index in [0.717, 1.165) is 37.0 Å². The maximum Gasteiger partial charge on any atom is 0.292 e. The zero-order chi connectivity index (χ0) is 20.3. The Morgan fingerprint density at radius 1 is 1.24 bits per heavy atom. The van der Waals surface area contributed by atoms with Crippen LogP contribution in [0.25, 0.3) is 0 Å². The number of nitrogens with zero attached hydrogens (tertiary/aromatic N) is 2. The molecule has 1 aromatic heterocycles. The largest absolute Gasteiger partial charge is 0.497 e. The van der Waals surface area contributed by atoms with Crippen molar-refractivity contribution < 1.29 is 18.8 Å². The highest BCUT2D eigenvalue weighted by Crippen LogP contribution is 2.37. The third kappa shape index (κ3) is 4.13. The number of carbonyl (C=O) groups excluding carboxylic acids is 2. The van der Waals surface area contributed by atoms with Crippen molar-refractivity contribution in [2.75, 3.05) is 20.2 Å². The molecule has 154 valence electrons. The van der Waals surface area contributed by atoms with Crippen LogP contribution >= 0.6 is 0 Å². The standard InChI is InChI=1S/C22H27N3O4/c1-28-18-9-5-6-16(12-18)13-22(21(27)24-17-7-3-2-4-8-17)14-25(15-22)20(26)19-10-11-23-29-19/h5-6,9-12,17H,2-4,7-8,13-15H2,1H3,(H,24,27). The van der Waals surface area contributed by atoms with E-state index in [4.69, 9.17) is 9.26 Å². The third-order valence-electron chi connectivity index (χ3n) is 6.02. The van der Waals surface area contributed by atoms with Crippen molar-refractivity contribution in [3.05, 3.63) is 47.9 Å². The second kappa shape index (κ2) is 8.27. The van der Waals surface area contributed by atoms with Crippen LogP contribution in [0.4, 0.5) is 0 Å². The van der Waals surface area contributed by atoms with Crippen molar-refractivity contribution in [3.8, 4) is 5.75 Å². The van der Waals surface area contributed by atoms with Gasteiger partial charge in [0.25, 0.3) is 5.91 Å². The minimum Gasteiger partial charge on any atom is -0.497 e. The minimum atomic E-state index is -0.639. The van der Waals surface area contributed by atoms with Gasteiger partial charge >= 0.3 is 0 Å². The molecular weight excluding hydrogens is 370 g/mol. The van der Waals surface area contributed by atoms with Gasteiger partial charge in [0.2, 0.25) is 11.7 Å². The minimum absolute atomic E-state index is 0.0360. The second-order valence-electron chi connectivity index (χ2n) is 8.15. The highest BCUT2D eigenvalue weighted by atomic mass is 16.5. The van der Waals surface area contributed by atoms with Gasteiger partial charge in [-0.2, -0.15) is 0 Å². The maximum absolute atomic E-state index is 13.3. The number of hydrogen-bond acceptors (Lipinski definition) is 5. The molecular formula is C22H27N3O4. The van der Waals surface area contributed by atoms with Crippen LogP contribution in [0, 0.1) is 5.41 Å².